The molecule has 0 N–H and O–H groups in total. The first kappa shape index (κ1) is 19.8. The second-order valence-electron chi connectivity index (χ2n) is 2.98. The first-order valence-electron chi connectivity index (χ1n) is 4.43. The van der Waals surface area contributed by atoms with Crippen molar-refractivity contribution < 1.29 is 19.1 Å². The second-order valence-corrected chi connectivity index (χ2v) is 2.98. The average Bonchev–Trinajstić information content (AvgIpc) is 2.15. The standard InChI is InChI=1S/2C5H10O2.CH4/c2*1-4(6)5(2)7-3;/h2*5H,1-3H3;1H4. The smallest absolute Gasteiger partial charge is 0.158 e. The van der Waals surface area contributed by atoms with Crippen LogP contribution in [0.25, 0.3) is 0 Å². The molecule has 0 aromatic carbocycles. The van der Waals surface area contributed by atoms with Gasteiger partial charge in [-0.2, -0.15) is 0 Å². The third-order valence-electron chi connectivity index (χ3n) is 1.85. The van der Waals surface area contributed by atoms with E-state index in [9.17, 15) is 9.59 Å². The van der Waals surface area contributed by atoms with Crippen molar-refractivity contribution in [2.24, 2.45) is 0 Å². The molecule has 0 radical (unpaired) electrons. The van der Waals surface area contributed by atoms with E-state index >= 15 is 0 Å². The van der Waals surface area contributed by atoms with Crippen LogP contribution in [0.1, 0.15) is 35.1 Å². The maximum Gasteiger partial charge on any atom is 0.158 e. The minimum atomic E-state index is -0.236. The van der Waals surface area contributed by atoms with Crippen LogP contribution in [0.3, 0.4) is 0 Å². The normalized spacial score (nSPS) is 12.7. The van der Waals surface area contributed by atoms with Gasteiger partial charge in [0.25, 0.3) is 0 Å². The highest BCUT2D eigenvalue weighted by Crippen LogP contribution is 1.86. The Labute approximate surface area is 93.0 Å². The number of methoxy groups -OCH3 is 2. The predicted octanol–water partition coefficient (Wildman–Crippen LogP) is 1.86. The minimum absolute atomic E-state index is 0. The molecule has 0 spiro atoms. The quantitative estimate of drug-likeness (QED) is 0.725. The molecule has 0 aliphatic rings. The van der Waals surface area contributed by atoms with Crippen LogP contribution >= 0.6 is 0 Å². The summed E-state index contributed by atoms with van der Waals surface area (Å²) in [5, 5.41) is 0. The van der Waals surface area contributed by atoms with E-state index in [0.717, 1.165) is 0 Å². The van der Waals surface area contributed by atoms with Crippen molar-refractivity contribution in [3.8, 4) is 0 Å². The van der Waals surface area contributed by atoms with E-state index in [-0.39, 0.29) is 31.2 Å². The molecule has 0 fully saturated rings. The van der Waals surface area contributed by atoms with Gasteiger partial charge in [-0.1, -0.05) is 7.43 Å². The molecule has 0 saturated heterocycles. The molecule has 0 saturated carbocycles. The summed E-state index contributed by atoms with van der Waals surface area (Å²) in [5.74, 6) is 0.144. The van der Waals surface area contributed by atoms with Crippen molar-refractivity contribution in [3.63, 3.8) is 0 Å². The van der Waals surface area contributed by atoms with Crippen molar-refractivity contribution in [2.75, 3.05) is 14.2 Å². The molecule has 4 heteroatoms. The molecule has 2 unspecified atom stereocenters. The topological polar surface area (TPSA) is 52.6 Å². The summed E-state index contributed by atoms with van der Waals surface area (Å²) in [6, 6.07) is 0. The fraction of sp³-hybridized carbons (Fsp3) is 0.818. The molecule has 0 amide bonds. The highest BCUT2D eigenvalue weighted by molar-refractivity contribution is 5.80. The lowest BCUT2D eigenvalue weighted by Crippen LogP contribution is -2.14. The van der Waals surface area contributed by atoms with E-state index in [2.05, 4.69) is 9.47 Å². The van der Waals surface area contributed by atoms with E-state index < -0.39 is 0 Å². The van der Waals surface area contributed by atoms with Gasteiger partial charge >= 0.3 is 0 Å². The highest BCUT2D eigenvalue weighted by Gasteiger charge is 2.02. The maximum absolute atomic E-state index is 10.2. The summed E-state index contributed by atoms with van der Waals surface area (Å²) in [6.45, 7) is 6.47. The monoisotopic (exact) mass is 220 g/mol. The SMILES string of the molecule is C.COC(C)C(C)=O.COC(C)C(C)=O. The lowest BCUT2D eigenvalue weighted by atomic mass is 10.3. The summed E-state index contributed by atoms with van der Waals surface area (Å²) >= 11 is 0. The van der Waals surface area contributed by atoms with E-state index in [1.165, 1.54) is 28.1 Å². The fourth-order valence-corrected chi connectivity index (χ4v) is 0.332. The molecule has 0 aromatic rings. The van der Waals surface area contributed by atoms with Gasteiger partial charge in [-0.05, 0) is 27.7 Å². The lowest BCUT2D eigenvalue weighted by molar-refractivity contribution is -0.126. The van der Waals surface area contributed by atoms with Crippen LogP contribution in [0.15, 0.2) is 0 Å². The van der Waals surface area contributed by atoms with E-state index in [1.807, 2.05) is 0 Å². The number of ether oxygens (including phenoxy) is 2. The zero-order valence-electron chi connectivity index (χ0n) is 9.79. The molecule has 0 aliphatic carbocycles. The maximum atomic E-state index is 10.2. The Morgan fingerprint density at radius 2 is 1.07 bits per heavy atom. The van der Waals surface area contributed by atoms with Gasteiger partial charge in [0.15, 0.2) is 11.6 Å². The molecule has 92 valence electrons. The Hall–Kier alpha value is -0.740. The van der Waals surface area contributed by atoms with Crippen LogP contribution in [-0.4, -0.2) is 38.0 Å². The van der Waals surface area contributed by atoms with Crippen molar-refractivity contribution in [1.29, 1.82) is 0 Å². The molecule has 0 aromatic heterocycles. The predicted molar refractivity (Wildman–Crippen MR) is 61.0 cm³/mol. The van der Waals surface area contributed by atoms with Gasteiger partial charge in [0.05, 0.1) is 0 Å². The third kappa shape index (κ3) is 13.3. The van der Waals surface area contributed by atoms with Crippen molar-refractivity contribution in [2.45, 2.75) is 47.3 Å². The molecule has 0 rings (SSSR count). The van der Waals surface area contributed by atoms with Gasteiger partial charge in [-0.3, -0.25) is 9.59 Å². The largest absolute Gasteiger partial charge is 0.374 e. The number of carbonyl (C=O) groups excluding carboxylic acids is 2. The number of Topliss-reactive ketones (excluding diaryl/α,β-unsaturated/α-hetero) is 2. The summed E-state index contributed by atoms with van der Waals surface area (Å²) in [5.41, 5.74) is 0. The molecule has 4 nitrogen and oxygen atoms in total. The number of rotatable bonds is 4. The van der Waals surface area contributed by atoms with Gasteiger partial charge < -0.3 is 9.47 Å². The third-order valence-corrected chi connectivity index (χ3v) is 1.85. The van der Waals surface area contributed by atoms with Crippen LogP contribution in [0.5, 0.6) is 0 Å². The van der Waals surface area contributed by atoms with Gasteiger partial charge in [0, 0.05) is 14.2 Å². The first-order valence-corrected chi connectivity index (χ1v) is 4.43. The molecule has 0 heterocycles. The summed E-state index contributed by atoms with van der Waals surface area (Å²) < 4.78 is 9.32. The van der Waals surface area contributed by atoms with Crippen molar-refractivity contribution in [3.05, 3.63) is 0 Å². The van der Waals surface area contributed by atoms with Crippen LogP contribution in [0.2, 0.25) is 0 Å². The Kier molecular flexibility index (Phi) is 14.9. The van der Waals surface area contributed by atoms with Gasteiger partial charge in [-0.25, -0.2) is 0 Å². The average molecular weight is 220 g/mol. The van der Waals surface area contributed by atoms with E-state index in [0.29, 0.717) is 0 Å². The fourth-order valence-electron chi connectivity index (χ4n) is 0.332. The van der Waals surface area contributed by atoms with Gasteiger partial charge in [0.1, 0.15) is 12.2 Å². The van der Waals surface area contributed by atoms with Crippen LogP contribution in [0, 0.1) is 0 Å². The summed E-state index contributed by atoms with van der Waals surface area (Å²) in [7, 11) is 3.04. The number of hydrogen-bond acceptors (Lipinski definition) is 4. The van der Waals surface area contributed by atoms with Crippen molar-refractivity contribution >= 4 is 11.6 Å². The number of carbonyl (C=O) groups is 2. The number of ketones is 2. The molecular formula is C11H24O4. The van der Waals surface area contributed by atoms with E-state index in [1.54, 1.807) is 13.8 Å². The van der Waals surface area contributed by atoms with Crippen LogP contribution in [-0.2, 0) is 19.1 Å². The number of hydrogen-bond donors (Lipinski definition) is 0. The Balaban J connectivity index is -0.000000180. The van der Waals surface area contributed by atoms with E-state index in [4.69, 9.17) is 0 Å². The zero-order valence-corrected chi connectivity index (χ0v) is 9.79. The Morgan fingerprint density at radius 1 is 0.867 bits per heavy atom. The minimum Gasteiger partial charge on any atom is -0.374 e. The summed E-state index contributed by atoms with van der Waals surface area (Å²) in [4.78, 5) is 20.5. The molecular weight excluding hydrogens is 196 g/mol. The molecule has 0 aliphatic heterocycles. The second kappa shape index (κ2) is 11.3. The zero-order chi connectivity index (χ0) is 11.7. The highest BCUT2D eigenvalue weighted by atomic mass is 16.5. The Morgan fingerprint density at radius 3 is 1.07 bits per heavy atom. The van der Waals surface area contributed by atoms with Crippen LogP contribution in [0.4, 0.5) is 0 Å². The van der Waals surface area contributed by atoms with Crippen LogP contribution < -0.4 is 0 Å². The van der Waals surface area contributed by atoms with Gasteiger partial charge in [0.2, 0.25) is 0 Å². The summed E-state index contributed by atoms with van der Waals surface area (Å²) in [6.07, 6.45) is -0.472. The lowest BCUT2D eigenvalue weighted by Gasteiger charge is -2.00. The molecule has 0 bridgehead atoms. The van der Waals surface area contributed by atoms with Crippen molar-refractivity contribution in [1.82, 2.24) is 0 Å². The van der Waals surface area contributed by atoms with Gasteiger partial charge in [-0.15, -0.1) is 0 Å². The molecule has 15 heavy (non-hydrogen) atoms. The molecule has 2 atom stereocenters. The Bertz CT molecular complexity index is 157. The first-order chi connectivity index (χ1) is 6.36.